The van der Waals surface area contributed by atoms with Crippen molar-refractivity contribution in [2.75, 3.05) is 11.9 Å². The fourth-order valence-electron chi connectivity index (χ4n) is 1.72. The van der Waals surface area contributed by atoms with Crippen LogP contribution in [0, 0.1) is 6.92 Å². The number of nitrogens with one attached hydrogen (secondary N) is 1. The summed E-state index contributed by atoms with van der Waals surface area (Å²) < 4.78 is 5.75. The predicted molar refractivity (Wildman–Crippen MR) is 85.9 cm³/mol. The molecule has 0 spiro atoms. The highest BCUT2D eigenvalue weighted by Gasteiger charge is 2.13. The molecule has 0 saturated carbocycles. The third-order valence-corrected chi connectivity index (χ3v) is 3.77. The van der Waals surface area contributed by atoms with Gasteiger partial charge in [0.2, 0.25) is 0 Å². The van der Waals surface area contributed by atoms with Gasteiger partial charge in [0, 0.05) is 10.2 Å². The molecule has 2 aromatic rings. The Kier molecular flexibility index (Phi) is 5.16. The van der Waals surface area contributed by atoms with Gasteiger partial charge >= 0.3 is 5.97 Å². The van der Waals surface area contributed by atoms with Crippen molar-refractivity contribution in [1.29, 1.82) is 0 Å². The smallest absolute Gasteiger partial charge is 0.342 e. The lowest BCUT2D eigenvalue weighted by Crippen LogP contribution is -2.21. The van der Waals surface area contributed by atoms with E-state index in [1.165, 1.54) is 12.1 Å². The van der Waals surface area contributed by atoms with Crippen LogP contribution >= 0.6 is 15.9 Å². The van der Waals surface area contributed by atoms with E-state index in [9.17, 15) is 14.7 Å². The molecule has 0 saturated heterocycles. The van der Waals surface area contributed by atoms with Crippen LogP contribution in [0.2, 0.25) is 0 Å². The van der Waals surface area contributed by atoms with E-state index >= 15 is 0 Å². The number of aryl methyl sites for hydroxylation is 1. The number of hydrogen-bond acceptors (Lipinski definition) is 4. The molecule has 0 bridgehead atoms. The molecule has 114 valence electrons. The molecule has 0 unspecified atom stereocenters. The fourth-order valence-corrected chi connectivity index (χ4v) is 2.10. The van der Waals surface area contributed by atoms with Crippen molar-refractivity contribution >= 4 is 33.5 Å². The molecule has 22 heavy (non-hydrogen) atoms. The van der Waals surface area contributed by atoms with Gasteiger partial charge in [-0.3, -0.25) is 4.79 Å². The zero-order chi connectivity index (χ0) is 16.1. The first-order valence-electron chi connectivity index (χ1n) is 6.48. The van der Waals surface area contributed by atoms with Gasteiger partial charge in [0.1, 0.15) is 11.3 Å². The van der Waals surface area contributed by atoms with Gasteiger partial charge in [0.15, 0.2) is 6.61 Å². The van der Waals surface area contributed by atoms with Crippen LogP contribution in [0.15, 0.2) is 46.9 Å². The van der Waals surface area contributed by atoms with Crippen LogP contribution < -0.4 is 5.32 Å². The molecule has 0 aromatic heterocycles. The summed E-state index contributed by atoms with van der Waals surface area (Å²) in [4.78, 5) is 23.5. The normalized spacial score (nSPS) is 10.1. The maximum atomic E-state index is 11.8. The highest BCUT2D eigenvalue weighted by atomic mass is 79.9. The number of para-hydroxylation sites is 1. The Morgan fingerprint density at radius 1 is 1.23 bits per heavy atom. The van der Waals surface area contributed by atoms with Crippen molar-refractivity contribution in [3.8, 4) is 5.75 Å². The van der Waals surface area contributed by atoms with E-state index in [-0.39, 0.29) is 11.3 Å². The minimum absolute atomic E-state index is 0.0216. The van der Waals surface area contributed by atoms with Crippen LogP contribution in [0.25, 0.3) is 0 Å². The van der Waals surface area contributed by atoms with Gasteiger partial charge in [-0.25, -0.2) is 4.79 Å². The van der Waals surface area contributed by atoms with Crippen molar-refractivity contribution < 1.29 is 19.4 Å². The van der Waals surface area contributed by atoms with Crippen LogP contribution in [-0.4, -0.2) is 23.6 Å². The van der Waals surface area contributed by atoms with Gasteiger partial charge in [0.05, 0.1) is 0 Å². The standard InChI is InChI=1S/C16H14BrNO4/c1-10-6-7-11(8-13(10)17)18-15(20)9-22-16(21)12-4-2-3-5-14(12)19/h2-8,19H,9H2,1H3,(H,18,20). The number of carbonyl (C=O) groups excluding carboxylic acids is 2. The number of amides is 1. The Labute approximate surface area is 136 Å². The van der Waals surface area contributed by atoms with Crippen LogP contribution in [0.3, 0.4) is 0 Å². The third-order valence-electron chi connectivity index (χ3n) is 2.91. The first-order chi connectivity index (χ1) is 10.5. The summed E-state index contributed by atoms with van der Waals surface area (Å²) in [6.07, 6.45) is 0. The summed E-state index contributed by atoms with van der Waals surface area (Å²) in [7, 11) is 0. The molecular formula is C16H14BrNO4. The molecule has 0 aliphatic carbocycles. The molecule has 5 nitrogen and oxygen atoms in total. The number of anilines is 1. The first-order valence-corrected chi connectivity index (χ1v) is 7.28. The van der Waals surface area contributed by atoms with Crippen molar-refractivity contribution in [3.05, 3.63) is 58.1 Å². The number of benzene rings is 2. The van der Waals surface area contributed by atoms with Gasteiger partial charge < -0.3 is 15.2 Å². The number of ether oxygens (including phenoxy) is 1. The number of carbonyl (C=O) groups is 2. The summed E-state index contributed by atoms with van der Waals surface area (Å²) in [6, 6.07) is 11.4. The average molecular weight is 364 g/mol. The fraction of sp³-hybridized carbons (Fsp3) is 0.125. The molecule has 0 fully saturated rings. The highest BCUT2D eigenvalue weighted by Crippen LogP contribution is 2.20. The van der Waals surface area contributed by atoms with Gasteiger partial charge in [-0.15, -0.1) is 0 Å². The second kappa shape index (κ2) is 7.09. The minimum Gasteiger partial charge on any atom is -0.507 e. The van der Waals surface area contributed by atoms with E-state index in [0.717, 1.165) is 10.0 Å². The Hall–Kier alpha value is -2.34. The third kappa shape index (κ3) is 4.08. The number of halogens is 1. The van der Waals surface area contributed by atoms with Gasteiger partial charge in [0.25, 0.3) is 5.91 Å². The average Bonchev–Trinajstić information content (AvgIpc) is 2.49. The van der Waals surface area contributed by atoms with Crippen molar-refractivity contribution in [1.82, 2.24) is 0 Å². The molecule has 6 heteroatoms. The SMILES string of the molecule is Cc1ccc(NC(=O)COC(=O)c2ccccc2O)cc1Br. The Bertz CT molecular complexity index is 715. The maximum Gasteiger partial charge on any atom is 0.342 e. The van der Waals surface area contributed by atoms with E-state index in [2.05, 4.69) is 21.2 Å². The molecule has 0 atom stereocenters. The van der Waals surface area contributed by atoms with E-state index in [1.807, 2.05) is 13.0 Å². The number of phenols is 1. The second-order valence-electron chi connectivity index (χ2n) is 4.61. The number of esters is 1. The summed E-state index contributed by atoms with van der Waals surface area (Å²) >= 11 is 3.37. The monoisotopic (exact) mass is 363 g/mol. The van der Waals surface area contributed by atoms with E-state index in [4.69, 9.17) is 4.74 Å². The number of aromatic hydroxyl groups is 1. The van der Waals surface area contributed by atoms with Gasteiger partial charge in [-0.05, 0) is 36.8 Å². The van der Waals surface area contributed by atoms with E-state index in [0.29, 0.717) is 5.69 Å². The lowest BCUT2D eigenvalue weighted by Gasteiger charge is -2.08. The van der Waals surface area contributed by atoms with Crippen molar-refractivity contribution in [2.45, 2.75) is 6.92 Å². The topological polar surface area (TPSA) is 75.6 Å². The van der Waals surface area contributed by atoms with Crippen molar-refractivity contribution in [3.63, 3.8) is 0 Å². The molecule has 1 amide bonds. The molecule has 2 aromatic carbocycles. The Balaban J connectivity index is 1.91. The molecule has 2 rings (SSSR count). The van der Waals surface area contributed by atoms with Crippen LogP contribution in [0.5, 0.6) is 5.75 Å². The minimum atomic E-state index is -0.752. The Morgan fingerprint density at radius 2 is 1.95 bits per heavy atom. The summed E-state index contributed by atoms with van der Waals surface area (Å²) in [5.74, 6) is -1.40. The van der Waals surface area contributed by atoms with Crippen molar-refractivity contribution in [2.24, 2.45) is 0 Å². The van der Waals surface area contributed by atoms with Gasteiger partial charge in [-0.1, -0.05) is 34.1 Å². The largest absolute Gasteiger partial charge is 0.507 e. The highest BCUT2D eigenvalue weighted by molar-refractivity contribution is 9.10. The molecule has 0 radical (unpaired) electrons. The second-order valence-corrected chi connectivity index (χ2v) is 5.46. The lowest BCUT2D eigenvalue weighted by atomic mass is 10.2. The summed E-state index contributed by atoms with van der Waals surface area (Å²) in [6.45, 7) is 1.50. The number of hydrogen-bond donors (Lipinski definition) is 2. The van der Waals surface area contributed by atoms with E-state index < -0.39 is 18.5 Å². The summed E-state index contributed by atoms with van der Waals surface area (Å²) in [5.41, 5.74) is 1.67. The first kappa shape index (κ1) is 16.0. The number of rotatable bonds is 4. The van der Waals surface area contributed by atoms with Gasteiger partial charge in [-0.2, -0.15) is 0 Å². The molecular weight excluding hydrogens is 350 g/mol. The molecule has 0 aliphatic rings. The lowest BCUT2D eigenvalue weighted by molar-refractivity contribution is -0.119. The predicted octanol–water partition coefficient (Wildman–Crippen LogP) is 3.26. The van der Waals surface area contributed by atoms with Crippen LogP contribution in [0.4, 0.5) is 5.69 Å². The molecule has 2 N–H and O–H groups in total. The molecule has 0 heterocycles. The summed E-state index contributed by atoms with van der Waals surface area (Å²) in [5, 5.41) is 12.2. The van der Waals surface area contributed by atoms with Crippen LogP contribution in [-0.2, 0) is 9.53 Å². The molecule has 0 aliphatic heterocycles. The zero-order valence-electron chi connectivity index (χ0n) is 11.8. The zero-order valence-corrected chi connectivity index (χ0v) is 13.4. The van der Waals surface area contributed by atoms with E-state index in [1.54, 1.807) is 24.3 Å². The maximum absolute atomic E-state index is 11.8. The van der Waals surface area contributed by atoms with Crippen LogP contribution in [0.1, 0.15) is 15.9 Å². The Morgan fingerprint density at radius 3 is 2.64 bits per heavy atom. The quantitative estimate of drug-likeness (QED) is 0.817. The number of phenolic OH excluding ortho intramolecular Hbond substituents is 1.